The van der Waals surface area contributed by atoms with Crippen LogP contribution in [0.2, 0.25) is 0 Å². The Morgan fingerprint density at radius 2 is 1.81 bits per heavy atom. The summed E-state index contributed by atoms with van der Waals surface area (Å²) < 4.78 is 41.9. The van der Waals surface area contributed by atoms with Crippen LogP contribution in [0, 0.1) is 0 Å². The van der Waals surface area contributed by atoms with Crippen molar-refractivity contribution in [3.63, 3.8) is 0 Å². The number of fused-ring (bicyclic) bond motifs is 1. The third kappa shape index (κ3) is 3.31. The molecule has 0 spiro atoms. The van der Waals surface area contributed by atoms with Crippen LogP contribution in [0.1, 0.15) is 30.3 Å². The molecule has 136 valence electrons. The van der Waals surface area contributed by atoms with Crippen LogP contribution in [0.15, 0.2) is 48.8 Å². The van der Waals surface area contributed by atoms with E-state index in [0.29, 0.717) is 23.9 Å². The summed E-state index contributed by atoms with van der Waals surface area (Å²) in [6.07, 6.45) is 0.453. The Morgan fingerprint density at radius 3 is 2.50 bits per heavy atom. The van der Waals surface area contributed by atoms with Crippen LogP contribution < -0.4 is 0 Å². The average molecular weight is 360 g/mol. The van der Waals surface area contributed by atoms with Crippen molar-refractivity contribution in [1.29, 1.82) is 0 Å². The van der Waals surface area contributed by atoms with E-state index >= 15 is 0 Å². The van der Waals surface area contributed by atoms with E-state index in [-0.39, 0.29) is 6.04 Å². The number of hydrogen-bond donors (Lipinski definition) is 0. The molecule has 0 radical (unpaired) electrons. The summed E-state index contributed by atoms with van der Waals surface area (Å²) >= 11 is 0. The molecule has 0 saturated carbocycles. The number of halogens is 3. The maximum atomic E-state index is 13.5. The molecule has 0 unspecified atom stereocenters. The van der Waals surface area contributed by atoms with Crippen molar-refractivity contribution in [2.24, 2.45) is 0 Å². The number of pyridine rings is 1. The van der Waals surface area contributed by atoms with Crippen LogP contribution in [-0.2, 0) is 12.7 Å². The second-order valence-electron chi connectivity index (χ2n) is 6.66. The smallest absolute Gasteiger partial charge is 0.317 e. The van der Waals surface area contributed by atoms with Gasteiger partial charge in [0.1, 0.15) is 0 Å². The molecule has 1 fully saturated rings. The quantitative estimate of drug-likeness (QED) is 0.699. The Balaban J connectivity index is 1.56. The Bertz CT molecular complexity index is 881. The zero-order chi connectivity index (χ0) is 18.1. The lowest BCUT2D eigenvalue weighted by molar-refractivity contribution is -0.147. The fourth-order valence-electron chi connectivity index (χ4n) is 3.70. The zero-order valence-electron chi connectivity index (χ0n) is 14.2. The van der Waals surface area contributed by atoms with Crippen LogP contribution in [0.3, 0.4) is 0 Å². The molecule has 0 atom stereocenters. The number of imidazole rings is 1. The molecular formula is C19H19F3N4. The van der Waals surface area contributed by atoms with E-state index in [4.69, 9.17) is 0 Å². The molecule has 2 aromatic heterocycles. The van der Waals surface area contributed by atoms with Gasteiger partial charge >= 0.3 is 6.18 Å². The van der Waals surface area contributed by atoms with Gasteiger partial charge in [-0.25, -0.2) is 4.98 Å². The second-order valence-corrected chi connectivity index (χ2v) is 6.66. The first kappa shape index (κ1) is 17.0. The topological polar surface area (TPSA) is 34.0 Å². The van der Waals surface area contributed by atoms with Gasteiger partial charge in [-0.3, -0.25) is 9.88 Å². The normalized spacial score (nSPS) is 17.0. The van der Waals surface area contributed by atoms with Crippen LogP contribution >= 0.6 is 0 Å². The minimum absolute atomic E-state index is 0.191. The zero-order valence-corrected chi connectivity index (χ0v) is 14.2. The van der Waals surface area contributed by atoms with Gasteiger partial charge in [0, 0.05) is 38.1 Å². The fraction of sp³-hybridized carbons (Fsp3) is 0.368. The van der Waals surface area contributed by atoms with Crippen LogP contribution in [0.4, 0.5) is 13.2 Å². The third-order valence-electron chi connectivity index (χ3n) is 4.90. The van der Waals surface area contributed by atoms with Crippen molar-refractivity contribution in [2.45, 2.75) is 31.6 Å². The standard InChI is InChI=1S/C19H19F3N4/c20-19(21,22)18-24-16-5-1-2-6-17(16)26(18)15-7-10-25(11-8-15)13-14-4-3-9-23-12-14/h1-6,9,12,15H,7-8,10-11,13H2. The Hall–Kier alpha value is -2.41. The first-order valence-corrected chi connectivity index (χ1v) is 8.68. The van der Waals surface area contributed by atoms with Crippen molar-refractivity contribution in [3.05, 3.63) is 60.2 Å². The predicted octanol–water partition coefficient (Wildman–Crippen LogP) is 4.29. The highest BCUT2D eigenvalue weighted by Crippen LogP contribution is 2.36. The van der Waals surface area contributed by atoms with E-state index in [1.54, 1.807) is 30.5 Å². The molecule has 7 heteroatoms. The molecule has 0 bridgehead atoms. The van der Waals surface area contributed by atoms with Gasteiger partial charge in [0.05, 0.1) is 11.0 Å². The number of likely N-dealkylation sites (tertiary alicyclic amines) is 1. The highest BCUT2D eigenvalue weighted by Gasteiger charge is 2.39. The van der Waals surface area contributed by atoms with Crippen molar-refractivity contribution in [2.75, 3.05) is 13.1 Å². The molecule has 1 saturated heterocycles. The summed E-state index contributed by atoms with van der Waals surface area (Å²) in [5, 5.41) is 0. The Kier molecular flexibility index (Phi) is 4.40. The van der Waals surface area contributed by atoms with E-state index < -0.39 is 12.0 Å². The molecular weight excluding hydrogens is 341 g/mol. The largest absolute Gasteiger partial charge is 0.449 e. The van der Waals surface area contributed by atoms with Crippen molar-refractivity contribution in [3.8, 4) is 0 Å². The van der Waals surface area contributed by atoms with Crippen molar-refractivity contribution >= 4 is 11.0 Å². The Morgan fingerprint density at radius 1 is 1.04 bits per heavy atom. The maximum Gasteiger partial charge on any atom is 0.449 e. The van der Waals surface area contributed by atoms with Gasteiger partial charge in [0.15, 0.2) is 0 Å². The summed E-state index contributed by atoms with van der Waals surface area (Å²) in [5.74, 6) is -0.788. The van der Waals surface area contributed by atoms with E-state index in [1.807, 2.05) is 18.3 Å². The predicted molar refractivity (Wildman–Crippen MR) is 92.5 cm³/mol. The summed E-state index contributed by atoms with van der Waals surface area (Å²) in [4.78, 5) is 10.2. The fourth-order valence-corrected chi connectivity index (χ4v) is 3.70. The molecule has 1 aliphatic rings. The van der Waals surface area contributed by atoms with Crippen LogP contribution in [0.5, 0.6) is 0 Å². The van der Waals surface area contributed by atoms with Gasteiger partial charge in [-0.2, -0.15) is 13.2 Å². The average Bonchev–Trinajstić information content (AvgIpc) is 3.03. The number of alkyl halides is 3. The van der Waals surface area contributed by atoms with Crippen molar-refractivity contribution in [1.82, 2.24) is 19.4 Å². The van der Waals surface area contributed by atoms with E-state index in [2.05, 4.69) is 14.9 Å². The van der Waals surface area contributed by atoms with Crippen LogP contribution in [-0.4, -0.2) is 32.5 Å². The van der Waals surface area contributed by atoms with Gasteiger partial charge < -0.3 is 4.57 Å². The maximum absolute atomic E-state index is 13.5. The minimum Gasteiger partial charge on any atom is -0.317 e. The molecule has 4 rings (SSSR count). The number of benzene rings is 1. The van der Waals surface area contributed by atoms with Gasteiger partial charge in [0.25, 0.3) is 0 Å². The number of piperidine rings is 1. The molecule has 1 aliphatic heterocycles. The number of nitrogens with zero attached hydrogens (tertiary/aromatic N) is 4. The van der Waals surface area contributed by atoms with E-state index in [1.165, 1.54) is 4.57 Å². The monoisotopic (exact) mass is 360 g/mol. The molecule has 1 aromatic carbocycles. The number of hydrogen-bond acceptors (Lipinski definition) is 3. The first-order chi connectivity index (χ1) is 12.5. The second kappa shape index (κ2) is 6.72. The van der Waals surface area contributed by atoms with Crippen molar-refractivity contribution < 1.29 is 13.2 Å². The first-order valence-electron chi connectivity index (χ1n) is 8.68. The molecule has 0 N–H and O–H groups in total. The molecule has 4 nitrogen and oxygen atoms in total. The minimum atomic E-state index is -4.45. The lowest BCUT2D eigenvalue weighted by Crippen LogP contribution is -2.35. The SMILES string of the molecule is FC(F)(F)c1nc2ccccc2n1C1CCN(Cc2cccnc2)CC1. The van der Waals surface area contributed by atoms with E-state index in [0.717, 1.165) is 25.2 Å². The number of aromatic nitrogens is 3. The van der Waals surface area contributed by atoms with Gasteiger partial charge in [-0.05, 0) is 36.6 Å². The molecule has 3 heterocycles. The molecule has 0 amide bonds. The number of rotatable bonds is 3. The summed E-state index contributed by atoms with van der Waals surface area (Å²) in [6, 6.07) is 10.6. The number of para-hydroxylation sites is 2. The van der Waals surface area contributed by atoms with Gasteiger partial charge in [-0.15, -0.1) is 0 Å². The van der Waals surface area contributed by atoms with Gasteiger partial charge in [-0.1, -0.05) is 18.2 Å². The summed E-state index contributed by atoms with van der Waals surface area (Å²) in [5.41, 5.74) is 2.08. The Labute approximate surface area is 149 Å². The summed E-state index contributed by atoms with van der Waals surface area (Å²) in [7, 11) is 0. The van der Waals surface area contributed by atoms with Gasteiger partial charge in [0.2, 0.25) is 5.82 Å². The highest BCUT2D eigenvalue weighted by atomic mass is 19.4. The third-order valence-corrected chi connectivity index (χ3v) is 4.90. The molecule has 26 heavy (non-hydrogen) atoms. The highest BCUT2D eigenvalue weighted by molar-refractivity contribution is 5.76. The van der Waals surface area contributed by atoms with Crippen LogP contribution in [0.25, 0.3) is 11.0 Å². The molecule has 3 aromatic rings. The lowest BCUT2D eigenvalue weighted by Gasteiger charge is -2.33. The summed E-state index contributed by atoms with van der Waals surface area (Å²) in [6.45, 7) is 2.28. The lowest BCUT2D eigenvalue weighted by atomic mass is 10.0. The molecule has 0 aliphatic carbocycles. The van der Waals surface area contributed by atoms with E-state index in [9.17, 15) is 13.2 Å².